The fourth-order valence-corrected chi connectivity index (χ4v) is 2.97. The van der Waals surface area contributed by atoms with Crippen molar-refractivity contribution in [3.8, 4) is 0 Å². The maximum atomic E-state index is 12.2. The Hall–Kier alpha value is -1.37. The van der Waals surface area contributed by atoms with Crippen molar-refractivity contribution in [2.75, 3.05) is 4.72 Å². The van der Waals surface area contributed by atoms with E-state index < -0.39 is 10.0 Å². The molecule has 2 rings (SSSR count). The molecule has 2 heterocycles. The van der Waals surface area contributed by atoms with Gasteiger partial charge < -0.3 is 0 Å². The van der Waals surface area contributed by atoms with Gasteiger partial charge in [-0.1, -0.05) is 23.2 Å². The van der Waals surface area contributed by atoms with Crippen molar-refractivity contribution in [2.45, 2.75) is 18.7 Å². The Morgan fingerprint density at radius 2 is 1.90 bits per heavy atom. The summed E-state index contributed by atoms with van der Waals surface area (Å²) >= 11 is 11.4. The zero-order valence-corrected chi connectivity index (χ0v) is 13.0. The van der Waals surface area contributed by atoms with Crippen LogP contribution in [0.5, 0.6) is 0 Å². The number of rotatable bonds is 3. The molecule has 0 unspecified atom stereocenters. The van der Waals surface area contributed by atoms with Gasteiger partial charge in [-0.2, -0.15) is 0 Å². The number of sulfonamides is 1. The van der Waals surface area contributed by atoms with Crippen LogP contribution in [0.15, 0.2) is 29.3 Å². The average molecular weight is 332 g/mol. The van der Waals surface area contributed by atoms with E-state index in [9.17, 15) is 8.42 Å². The van der Waals surface area contributed by atoms with E-state index in [4.69, 9.17) is 23.2 Å². The Bertz CT molecular complexity index is 763. The lowest BCUT2D eigenvalue weighted by Gasteiger charge is -2.10. The fourth-order valence-electron chi connectivity index (χ4n) is 1.55. The number of nitrogens with one attached hydrogen (secondary N) is 1. The third kappa shape index (κ3) is 3.20. The fraction of sp³-hybridized carbons (Fsp3) is 0.167. The van der Waals surface area contributed by atoms with E-state index in [-0.39, 0.29) is 15.1 Å². The molecule has 0 aliphatic carbocycles. The van der Waals surface area contributed by atoms with Gasteiger partial charge in [0.2, 0.25) is 0 Å². The minimum atomic E-state index is -3.78. The number of aryl methyl sites for hydroxylation is 2. The molecule has 0 radical (unpaired) electrons. The second-order valence-electron chi connectivity index (χ2n) is 4.13. The van der Waals surface area contributed by atoms with E-state index in [2.05, 4.69) is 14.7 Å². The van der Waals surface area contributed by atoms with E-state index in [0.717, 1.165) is 11.9 Å². The third-order valence-corrected chi connectivity index (χ3v) is 4.57. The molecule has 2 aromatic rings. The molecule has 0 aliphatic heterocycles. The van der Waals surface area contributed by atoms with Crippen molar-refractivity contribution >= 4 is 38.9 Å². The first-order valence-corrected chi connectivity index (χ1v) is 7.81. The van der Waals surface area contributed by atoms with Gasteiger partial charge >= 0.3 is 0 Å². The lowest BCUT2D eigenvalue weighted by Crippen LogP contribution is -2.14. The van der Waals surface area contributed by atoms with E-state index in [1.807, 2.05) is 6.92 Å². The summed E-state index contributed by atoms with van der Waals surface area (Å²) in [6.07, 6.45) is 1.15. The molecule has 106 valence electrons. The Labute approximate surface area is 127 Å². The first kappa shape index (κ1) is 15.0. The monoisotopic (exact) mass is 331 g/mol. The summed E-state index contributed by atoms with van der Waals surface area (Å²) in [5.41, 5.74) is 1.80. The molecule has 0 amide bonds. The Kier molecular flexibility index (Phi) is 4.17. The molecular weight excluding hydrogens is 321 g/mol. The molecule has 1 N–H and O–H groups in total. The Morgan fingerprint density at radius 1 is 1.20 bits per heavy atom. The minimum absolute atomic E-state index is 0.0544. The second kappa shape index (κ2) is 5.55. The largest absolute Gasteiger partial charge is 0.278 e. The van der Waals surface area contributed by atoms with Gasteiger partial charge in [-0.3, -0.25) is 9.71 Å². The van der Waals surface area contributed by atoms with Crippen LogP contribution < -0.4 is 4.72 Å². The highest BCUT2D eigenvalue weighted by Crippen LogP contribution is 2.24. The summed E-state index contributed by atoms with van der Waals surface area (Å²) in [6.45, 7) is 3.55. The number of pyridine rings is 2. The van der Waals surface area contributed by atoms with E-state index in [1.165, 1.54) is 6.07 Å². The normalized spacial score (nSPS) is 11.4. The zero-order chi connectivity index (χ0) is 14.9. The molecule has 5 nitrogen and oxygen atoms in total. The van der Waals surface area contributed by atoms with Gasteiger partial charge in [-0.25, -0.2) is 13.4 Å². The summed E-state index contributed by atoms with van der Waals surface area (Å²) < 4.78 is 26.9. The molecule has 0 bridgehead atoms. The topological polar surface area (TPSA) is 72.0 Å². The summed E-state index contributed by atoms with van der Waals surface area (Å²) in [4.78, 5) is 7.85. The summed E-state index contributed by atoms with van der Waals surface area (Å²) in [5, 5.41) is 0.132. The molecule has 0 spiro atoms. The lowest BCUT2D eigenvalue weighted by molar-refractivity contribution is 0.600. The van der Waals surface area contributed by atoms with Crippen molar-refractivity contribution in [1.82, 2.24) is 9.97 Å². The van der Waals surface area contributed by atoms with Gasteiger partial charge in [0.15, 0.2) is 0 Å². The second-order valence-corrected chi connectivity index (χ2v) is 6.58. The minimum Gasteiger partial charge on any atom is -0.278 e. The average Bonchev–Trinajstić information content (AvgIpc) is 2.36. The maximum absolute atomic E-state index is 12.2. The molecule has 8 heteroatoms. The number of aromatic nitrogens is 2. The first-order valence-electron chi connectivity index (χ1n) is 5.58. The molecule has 0 aliphatic rings. The molecule has 0 atom stereocenters. The van der Waals surface area contributed by atoms with Crippen molar-refractivity contribution in [1.29, 1.82) is 0 Å². The van der Waals surface area contributed by atoms with Crippen LogP contribution in [-0.4, -0.2) is 18.4 Å². The van der Waals surface area contributed by atoms with Crippen LogP contribution in [0.2, 0.25) is 10.2 Å². The Morgan fingerprint density at radius 3 is 2.50 bits per heavy atom. The summed E-state index contributed by atoms with van der Waals surface area (Å²) in [5.74, 6) is 0. The number of halogens is 2. The van der Waals surface area contributed by atoms with E-state index in [1.54, 1.807) is 19.1 Å². The number of hydrogen-bond acceptors (Lipinski definition) is 4. The van der Waals surface area contributed by atoms with Gasteiger partial charge in [0.25, 0.3) is 10.0 Å². The maximum Gasteiger partial charge on any atom is 0.263 e. The first-order chi connectivity index (χ1) is 9.29. The molecule has 20 heavy (non-hydrogen) atoms. The van der Waals surface area contributed by atoms with Crippen molar-refractivity contribution in [3.63, 3.8) is 0 Å². The quantitative estimate of drug-likeness (QED) is 0.876. The highest BCUT2D eigenvalue weighted by atomic mass is 35.5. The van der Waals surface area contributed by atoms with Crippen LogP contribution in [-0.2, 0) is 10.0 Å². The molecule has 2 aromatic heterocycles. The third-order valence-electron chi connectivity index (χ3n) is 2.55. The van der Waals surface area contributed by atoms with Gasteiger partial charge in [-0.15, -0.1) is 0 Å². The van der Waals surface area contributed by atoms with E-state index in [0.29, 0.717) is 11.4 Å². The van der Waals surface area contributed by atoms with Crippen LogP contribution in [0.3, 0.4) is 0 Å². The standard InChI is InChI=1S/C12H11Cl2N3O2S/c1-7-3-4-11(8(2)16-7)17-20(18,19)9-5-10(13)12(14)15-6-9/h3-6,17H,1-2H3. The number of nitrogens with zero attached hydrogens (tertiary/aromatic N) is 2. The van der Waals surface area contributed by atoms with Crippen molar-refractivity contribution in [3.05, 3.63) is 46.0 Å². The predicted molar refractivity (Wildman–Crippen MR) is 78.8 cm³/mol. The predicted octanol–water partition coefficient (Wildman–Crippen LogP) is 3.20. The van der Waals surface area contributed by atoms with Gasteiger partial charge in [0.1, 0.15) is 10.0 Å². The lowest BCUT2D eigenvalue weighted by atomic mass is 10.3. The molecule has 0 saturated carbocycles. The van der Waals surface area contributed by atoms with Crippen LogP contribution in [0.4, 0.5) is 5.69 Å². The Balaban J connectivity index is 2.38. The SMILES string of the molecule is Cc1ccc(NS(=O)(=O)c2cnc(Cl)c(Cl)c2)c(C)n1. The van der Waals surface area contributed by atoms with Crippen LogP contribution in [0, 0.1) is 13.8 Å². The molecule has 0 fully saturated rings. The number of hydrogen-bond donors (Lipinski definition) is 1. The smallest absolute Gasteiger partial charge is 0.263 e. The van der Waals surface area contributed by atoms with Crippen LogP contribution in [0.1, 0.15) is 11.4 Å². The summed E-state index contributed by atoms with van der Waals surface area (Å²) in [7, 11) is -3.78. The zero-order valence-electron chi connectivity index (χ0n) is 10.7. The van der Waals surface area contributed by atoms with Crippen LogP contribution >= 0.6 is 23.2 Å². The van der Waals surface area contributed by atoms with E-state index >= 15 is 0 Å². The van der Waals surface area contributed by atoms with Gasteiger partial charge in [0, 0.05) is 11.9 Å². The number of anilines is 1. The molecular formula is C12H11Cl2N3O2S. The van der Waals surface area contributed by atoms with Crippen LogP contribution in [0.25, 0.3) is 0 Å². The van der Waals surface area contributed by atoms with Gasteiger partial charge in [0.05, 0.1) is 16.4 Å². The molecule has 0 saturated heterocycles. The highest BCUT2D eigenvalue weighted by molar-refractivity contribution is 7.92. The summed E-state index contributed by atoms with van der Waals surface area (Å²) in [6, 6.07) is 4.62. The van der Waals surface area contributed by atoms with Crippen molar-refractivity contribution < 1.29 is 8.42 Å². The van der Waals surface area contributed by atoms with Gasteiger partial charge in [-0.05, 0) is 32.0 Å². The van der Waals surface area contributed by atoms with Crippen molar-refractivity contribution in [2.24, 2.45) is 0 Å². The highest BCUT2D eigenvalue weighted by Gasteiger charge is 2.17. The molecule has 0 aromatic carbocycles.